The van der Waals surface area contributed by atoms with Crippen LogP contribution in [-0.2, 0) is 28.4 Å². The molecule has 57 heavy (non-hydrogen) atoms. The average molecular weight is 815 g/mol. The Morgan fingerprint density at radius 2 is 1.33 bits per heavy atom. The quantitative estimate of drug-likeness (QED) is 0.105. The highest BCUT2D eigenvalue weighted by molar-refractivity contribution is 5.40. The van der Waals surface area contributed by atoms with E-state index in [0.717, 1.165) is 43.3 Å². The Balaban J connectivity index is 1.41. The van der Waals surface area contributed by atoms with Gasteiger partial charge < -0.3 is 69.3 Å². The van der Waals surface area contributed by atoms with Gasteiger partial charge in [0.15, 0.2) is 12.6 Å². The molecule has 14 nitrogen and oxygen atoms in total. The van der Waals surface area contributed by atoms with Crippen LogP contribution in [0.15, 0.2) is 11.1 Å². The van der Waals surface area contributed by atoms with Crippen LogP contribution in [0.4, 0.5) is 0 Å². The van der Waals surface area contributed by atoms with Crippen LogP contribution in [0.2, 0.25) is 0 Å². The van der Waals surface area contributed by atoms with Crippen LogP contribution in [0.25, 0.3) is 0 Å². The van der Waals surface area contributed by atoms with Crippen molar-refractivity contribution in [3.8, 4) is 0 Å². The summed E-state index contributed by atoms with van der Waals surface area (Å²) in [7, 11) is 2.86. The first-order chi connectivity index (χ1) is 26.9. The molecule has 21 atom stereocenters. The van der Waals surface area contributed by atoms with Crippen molar-refractivity contribution in [3.05, 3.63) is 11.1 Å². The van der Waals surface area contributed by atoms with E-state index in [1.807, 2.05) is 0 Å². The number of ether oxygens (including phenoxy) is 6. The van der Waals surface area contributed by atoms with Gasteiger partial charge in [-0.25, -0.2) is 0 Å². The molecule has 2 heterocycles. The highest BCUT2D eigenvalue weighted by Gasteiger charge is 2.64. The van der Waals surface area contributed by atoms with E-state index < -0.39 is 91.2 Å². The lowest BCUT2D eigenvalue weighted by Crippen LogP contribution is -2.60. The molecule has 0 spiro atoms. The Morgan fingerprint density at radius 1 is 0.754 bits per heavy atom. The van der Waals surface area contributed by atoms with Gasteiger partial charge in [0.25, 0.3) is 0 Å². The van der Waals surface area contributed by atoms with Gasteiger partial charge in [-0.05, 0) is 96.9 Å². The van der Waals surface area contributed by atoms with Crippen molar-refractivity contribution < 1.29 is 69.3 Å². The predicted octanol–water partition coefficient (Wildman–Crippen LogP) is 2.04. The maximum atomic E-state index is 12.5. The van der Waals surface area contributed by atoms with E-state index in [-0.39, 0.29) is 42.3 Å². The SMILES string of the molecule is CC[C@@H](CC[C@@H](C)[C@H]1[C@H](O[C@@H]2O[C@@H]([C@@H](O)COC)[C@H](O)[C@H]2O)CC2=C3[C@@H](O[C@@H]4O[C@@H]([C@@H](O)COC)[C@H](O)[C@H]4O)[C@@H](O)[C@H]4C[C@H](O)CC[C@]4(C)[C@H]3CC[C@@]21C)C(C)C. The fourth-order valence-corrected chi connectivity index (χ4v) is 12.5. The fourth-order valence-electron chi connectivity index (χ4n) is 12.5. The molecule has 4 aliphatic carbocycles. The fraction of sp³-hybridized carbons (Fsp3) is 0.953. The number of aliphatic hydroxyl groups excluding tert-OH is 8. The van der Waals surface area contributed by atoms with Crippen LogP contribution in [0, 0.1) is 46.3 Å². The Morgan fingerprint density at radius 3 is 1.88 bits per heavy atom. The van der Waals surface area contributed by atoms with Crippen LogP contribution < -0.4 is 0 Å². The first-order valence-corrected chi connectivity index (χ1v) is 21.7. The summed E-state index contributed by atoms with van der Waals surface area (Å²) in [6.45, 7) is 13.3. The van der Waals surface area contributed by atoms with Crippen molar-refractivity contribution in [2.75, 3.05) is 27.4 Å². The smallest absolute Gasteiger partial charge is 0.187 e. The number of aliphatic hydroxyl groups is 8. The summed E-state index contributed by atoms with van der Waals surface area (Å²) < 4.78 is 35.8. The number of methoxy groups -OCH3 is 2. The van der Waals surface area contributed by atoms with Gasteiger partial charge in [0.05, 0.1) is 31.5 Å². The molecular formula is C43H74O14. The zero-order valence-corrected chi connectivity index (χ0v) is 35.4. The summed E-state index contributed by atoms with van der Waals surface area (Å²) in [4.78, 5) is 0. The minimum Gasteiger partial charge on any atom is -0.393 e. The van der Waals surface area contributed by atoms with Gasteiger partial charge in [0.1, 0.15) is 54.9 Å². The minimum atomic E-state index is -1.51. The lowest BCUT2D eigenvalue weighted by Gasteiger charge is -2.60. The summed E-state index contributed by atoms with van der Waals surface area (Å²) in [5, 5.41) is 89.2. The standard InChI is InChI=1S/C43H74O14/c1-9-22(20(2)3)11-10-21(4)31-29(54-40-35(50)33(48)37(55-40)27(45)18-52-7)17-25-30-24(13-15-43(25,31)6)42(5)14-12-23(44)16-26(42)32(47)39(30)57-41-36(51)34(49)38(56-41)28(46)19-53-8/h20-24,26-29,31-41,44-51H,9-19H2,1-8H3/t21-,22+,23-,24+,26-,27+,28+,29-,31+,32+,33-,34-,35-,36-,37+,38+,39-,40-,41+,42-,43+/m1/s1. The number of hydrogen-bond acceptors (Lipinski definition) is 14. The summed E-state index contributed by atoms with van der Waals surface area (Å²) in [6.07, 6.45) is -9.22. The van der Waals surface area contributed by atoms with Crippen LogP contribution in [0.5, 0.6) is 0 Å². The Labute approximate surface area is 338 Å². The molecule has 0 aromatic carbocycles. The molecule has 330 valence electrons. The van der Waals surface area contributed by atoms with Gasteiger partial charge in [-0.1, -0.05) is 60.0 Å². The number of rotatable bonds is 16. The molecule has 5 fully saturated rings. The van der Waals surface area contributed by atoms with E-state index in [1.165, 1.54) is 14.2 Å². The molecule has 0 aromatic heterocycles. The van der Waals surface area contributed by atoms with E-state index in [0.29, 0.717) is 37.5 Å². The second kappa shape index (κ2) is 18.3. The van der Waals surface area contributed by atoms with Crippen LogP contribution in [0.3, 0.4) is 0 Å². The molecule has 0 amide bonds. The Bertz CT molecular complexity index is 1360. The second-order valence-corrected chi connectivity index (χ2v) is 19.3. The average Bonchev–Trinajstić information content (AvgIpc) is 3.73. The van der Waals surface area contributed by atoms with E-state index in [4.69, 9.17) is 28.4 Å². The molecule has 14 heteroatoms. The van der Waals surface area contributed by atoms with E-state index in [1.54, 1.807) is 0 Å². The predicted molar refractivity (Wildman–Crippen MR) is 207 cm³/mol. The van der Waals surface area contributed by atoms with Crippen LogP contribution >= 0.6 is 0 Å². The van der Waals surface area contributed by atoms with E-state index >= 15 is 0 Å². The molecule has 6 aliphatic rings. The van der Waals surface area contributed by atoms with Crippen molar-refractivity contribution in [3.63, 3.8) is 0 Å². The van der Waals surface area contributed by atoms with E-state index in [2.05, 4.69) is 41.5 Å². The Kier molecular flexibility index (Phi) is 14.6. The van der Waals surface area contributed by atoms with Crippen molar-refractivity contribution >= 4 is 0 Å². The first kappa shape index (κ1) is 45.7. The monoisotopic (exact) mass is 815 g/mol. The summed E-state index contributed by atoms with van der Waals surface area (Å²) in [6, 6.07) is 0. The first-order valence-electron chi connectivity index (χ1n) is 21.7. The van der Waals surface area contributed by atoms with Gasteiger partial charge in [-0.15, -0.1) is 0 Å². The molecule has 2 saturated heterocycles. The van der Waals surface area contributed by atoms with Crippen LogP contribution in [0.1, 0.15) is 99.3 Å². The van der Waals surface area contributed by atoms with E-state index in [9.17, 15) is 40.9 Å². The molecule has 0 radical (unpaired) electrons. The van der Waals surface area contributed by atoms with Gasteiger partial charge in [-0.2, -0.15) is 0 Å². The van der Waals surface area contributed by atoms with Gasteiger partial charge in [-0.3, -0.25) is 0 Å². The molecule has 2 aliphatic heterocycles. The normalized spacial score (nSPS) is 46.8. The highest BCUT2D eigenvalue weighted by atomic mass is 16.7. The van der Waals surface area contributed by atoms with Crippen molar-refractivity contribution in [1.29, 1.82) is 0 Å². The zero-order chi connectivity index (χ0) is 41.7. The van der Waals surface area contributed by atoms with Crippen molar-refractivity contribution in [2.45, 2.75) is 185 Å². The maximum absolute atomic E-state index is 12.5. The third-order valence-electron chi connectivity index (χ3n) is 15.7. The van der Waals surface area contributed by atoms with Gasteiger partial charge >= 0.3 is 0 Å². The molecule has 8 N–H and O–H groups in total. The molecule has 0 unspecified atom stereocenters. The molecule has 0 bridgehead atoms. The van der Waals surface area contributed by atoms with Crippen LogP contribution in [-0.4, -0.2) is 154 Å². The summed E-state index contributed by atoms with van der Waals surface area (Å²) >= 11 is 0. The summed E-state index contributed by atoms with van der Waals surface area (Å²) in [5.74, 6) is 0.853. The minimum absolute atomic E-state index is 0.0337. The number of hydrogen-bond donors (Lipinski definition) is 8. The lowest BCUT2D eigenvalue weighted by atomic mass is 9.47. The third kappa shape index (κ3) is 8.41. The third-order valence-corrected chi connectivity index (χ3v) is 15.7. The maximum Gasteiger partial charge on any atom is 0.187 e. The summed E-state index contributed by atoms with van der Waals surface area (Å²) in [5.41, 5.74) is 1.24. The topological polar surface area (TPSA) is 217 Å². The largest absolute Gasteiger partial charge is 0.393 e. The molecular weight excluding hydrogens is 740 g/mol. The second-order valence-electron chi connectivity index (χ2n) is 19.3. The van der Waals surface area contributed by atoms with Gasteiger partial charge in [0.2, 0.25) is 0 Å². The molecule has 3 saturated carbocycles. The van der Waals surface area contributed by atoms with Crippen molar-refractivity contribution in [1.82, 2.24) is 0 Å². The number of fused-ring (bicyclic) bond motifs is 4. The van der Waals surface area contributed by atoms with Gasteiger partial charge in [0, 0.05) is 14.2 Å². The van der Waals surface area contributed by atoms with Crippen molar-refractivity contribution in [2.24, 2.45) is 46.3 Å². The molecule has 0 aromatic rings. The lowest BCUT2D eigenvalue weighted by molar-refractivity contribution is -0.236. The zero-order valence-electron chi connectivity index (χ0n) is 35.4. The highest BCUT2D eigenvalue weighted by Crippen LogP contribution is 2.67. The Hall–Kier alpha value is -0.820. The molecule has 6 rings (SSSR count).